The zero-order valence-electron chi connectivity index (χ0n) is 12.6. The van der Waals surface area contributed by atoms with Crippen LogP contribution in [0.1, 0.15) is 12.0 Å². The normalized spacial score (nSPS) is 11.0. The molecule has 22 heavy (non-hydrogen) atoms. The molecule has 0 saturated heterocycles. The number of aromatic nitrogens is 1. The highest BCUT2D eigenvalue weighted by Gasteiger charge is 2.09. The summed E-state index contributed by atoms with van der Waals surface area (Å²) in [6.45, 7) is 0.205. The Morgan fingerprint density at radius 1 is 1.05 bits per heavy atom. The van der Waals surface area contributed by atoms with Gasteiger partial charge in [0, 0.05) is 22.5 Å². The lowest BCUT2D eigenvalue weighted by Crippen LogP contribution is -1.97. The molecule has 0 aliphatic heterocycles. The molecule has 0 unspecified atom stereocenters. The van der Waals surface area contributed by atoms with E-state index in [-0.39, 0.29) is 6.61 Å². The van der Waals surface area contributed by atoms with E-state index in [4.69, 9.17) is 10.1 Å². The zero-order chi connectivity index (χ0) is 15.4. The molecule has 2 nitrogen and oxygen atoms in total. The van der Waals surface area contributed by atoms with Crippen LogP contribution in [0, 0.1) is 0 Å². The predicted molar refractivity (Wildman–Crippen MR) is 94.4 cm³/mol. The van der Waals surface area contributed by atoms with Gasteiger partial charge in [0.15, 0.2) is 0 Å². The molecule has 0 aliphatic rings. The smallest absolute Gasteiger partial charge is 0.0741 e. The second kappa shape index (κ2) is 6.95. The van der Waals surface area contributed by atoms with Gasteiger partial charge in [0.05, 0.1) is 11.2 Å². The first kappa shape index (κ1) is 15.1. The molecule has 0 bridgehead atoms. The van der Waals surface area contributed by atoms with Crippen molar-refractivity contribution < 1.29 is 5.11 Å². The molecule has 0 aliphatic carbocycles. The van der Waals surface area contributed by atoms with Crippen molar-refractivity contribution in [2.75, 3.05) is 12.9 Å². The van der Waals surface area contributed by atoms with Crippen molar-refractivity contribution in [2.24, 2.45) is 0 Å². The number of benzene rings is 2. The van der Waals surface area contributed by atoms with Crippen molar-refractivity contribution in [3.63, 3.8) is 0 Å². The third kappa shape index (κ3) is 3.16. The Kier molecular flexibility index (Phi) is 4.76. The lowest BCUT2D eigenvalue weighted by Gasteiger charge is -2.11. The van der Waals surface area contributed by atoms with Crippen molar-refractivity contribution in [2.45, 2.75) is 17.7 Å². The fourth-order valence-electron chi connectivity index (χ4n) is 2.63. The SMILES string of the molecule is CSc1ccc2nc(-c3ccccc3)c(CCCO)cc2c1. The number of aliphatic hydroxyl groups is 1. The average Bonchev–Trinajstić information content (AvgIpc) is 2.59. The summed E-state index contributed by atoms with van der Waals surface area (Å²) < 4.78 is 0. The van der Waals surface area contributed by atoms with Gasteiger partial charge in [0.2, 0.25) is 0 Å². The molecule has 1 N–H and O–H groups in total. The van der Waals surface area contributed by atoms with Crippen molar-refractivity contribution in [3.05, 3.63) is 60.2 Å². The molecule has 0 atom stereocenters. The summed E-state index contributed by atoms with van der Waals surface area (Å²) in [6.07, 6.45) is 3.68. The third-order valence-corrected chi connectivity index (χ3v) is 4.48. The topological polar surface area (TPSA) is 33.1 Å². The second-order valence-corrected chi connectivity index (χ2v) is 6.13. The highest BCUT2D eigenvalue weighted by molar-refractivity contribution is 7.98. The minimum absolute atomic E-state index is 0.205. The van der Waals surface area contributed by atoms with E-state index >= 15 is 0 Å². The van der Waals surface area contributed by atoms with E-state index in [0.29, 0.717) is 0 Å². The van der Waals surface area contributed by atoms with E-state index in [1.807, 2.05) is 18.2 Å². The van der Waals surface area contributed by atoms with Crippen LogP contribution in [-0.2, 0) is 6.42 Å². The maximum atomic E-state index is 9.16. The molecule has 112 valence electrons. The first-order valence-corrected chi connectivity index (χ1v) is 8.68. The Labute approximate surface area is 135 Å². The number of nitrogens with zero attached hydrogens (tertiary/aromatic N) is 1. The minimum atomic E-state index is 0.205. The molecule has 3 rings (SSSR count). The van der Waals surface area contributed by atoms with Gasteiger partial charge in [-0.15, -0.1) is 11.8 Å². The number of hydrogen-bond acceptors (Lipinski definition) is 3. The number of pyridine rings is 1. The van der Waals surface area contributed by atoms with Gasteiger partial charge in [-0.1, -0.05) is 30.3 Å². The highest BCUT2D eigenvalue weighted by Crippen LogP contribution is 2.28. The van der Waals surface area contributed by atoms with Crippen LogP contribution < -0.4 is 0 Å². The van der Waals surface area contributed by atoms with Crippen LogP contribution in [0.25, 0.3) is 22.2 Å². The van der Waals surface area contributed by atoms with Gasteiger partial charge in [-0.3, -0.25) is 0 Å². The van der Waals surface area contributed by atoms with Crippen LogP contribution in [0.5, 0.6) is 0 Å². The summed E-state index contributed by atoms with van der Waals surface area (Å²) >= 11 is 1.74. The van der Waals surface area contributed by atoms with Gasteiger partial charge in [-0.05, 0) is 48.9 Å². The zero-order valence-corrected chi connectivity index (χ0v) is 13.4. The summed E-state index contributed by atoms with van der Waals surface area (Å²) in [4.78, 5) is 6.13. The maximum Gasteiger partial charge on any atom is 0.0741 e. The Morgan fingerprint density at radius 3 is 2.59 bits per heavy atom. The summed E-state index contributed by atoms with van der Waals surface area (Å²) in [5, 5.41) is 10.3. The summed E-state index contributed by atoms with van der Waals surface area (Å²) in [5.41, 5.74) is 4.38. The van der Waals surface area contributed by atoms with Crippen molar-refractivity contribution in [3.8, 4) is 11.3 Å². The Hall–Kier alpha value is -1.84. The molecular weight excluding hydrogens is 290 g/mol. The van der Waals surface area contributed by atoms with Gasteiger partial charge < -0.3 is 5.11 Å². The first-order valence-electron chi connectivity index (χ1n) is 7.46. The van der Waals surface area contributed by atoms with Crippen LogP contribution in [0.2, 0.25) is 0 Å². The van der Waals surface area contributed by atoms with E-state index in [0.717, 1.165) is 29.6 Å². The molecule has 0 radical (unpaired) electrons. The Morgan fingerprint density at radius 2 is 1.86 bits per heavy atom. The Balaban J connectivity index is 2.16. The van der Waals surface area contributed by atoms with Crippen LogP contribution in [0.15, 0.2) is 59.5 Å². The summed E-state index contributed by atoms with van der Waals surface area (Å²) in [7, 11) is 0. The fraction of sp³-hybridized carbons (Fsp3) is 0.211. The largest absolute Gasteiger partial charge is 0.396 e. The molecule has 0 amide bonds. The predicted octanol–water partition coefficient (Wildman–Crippen LogP) is 4.55. The van der Waals surface area contributed by atoms with Crippen LogP contribution in [0.3, 0.4) is 0 Å². The highest BCUT2D eigenvalue weighted by atomic mass is 32.2. The van der Waals surface area contributed by atoms with Crippen molar-refractivity contribution in [1.82, 2.24) is 4.98 Å². The minimum Gasteiger partial charge on any atom is -0.396 e. The quantitative estimate of drug-likeness (QED) is 0.702. The van der Waals surface area contributed by atoms with Gasteiger partial charge in [-0.2, -0.15) is 0 Å². The van der Waals surface area contributed by atoms with E-state index in [9.17, 15) is 0 Å². The molecule has 0 spiro atoms. The van der Waals surface area contributed by atoms with Gasteiger partial charge in [-0.25, -0.2) is 4.98 Å². The number of fused-ring (bicyclic) bond motifs is 1. The number of aliphatic hydroxyl groups excluding tert-OH is 1. The lowest BCUT2D eigenvalue weighted by atomic mass is 10.00. The molecule has 1 heterocycles. The number of thioether (sulfide) groups is 1. The molecule has 2 aromatic carbocycles. The fourth-order valence-corrected chi connectivity index (χ4v) is 3.08. The third-order valence-electron chi connectivity index (χ3n) is 3.75. The maximum absolute atomic E-state index is 9.16. The van der Waals surface area contributed by atoms with Crippen molar-refractivity contribution in [1.29, 1.82) is 0 Å². The van der Waals surface area contributed by atoms with E-state index in [1.165, 1.54) is 15.8 Å². The molecule has 0 fully saturated rings. The molecule has 3 aromatic rings. The number of aryl methyl sites for hydroxylation is 1. The second-order valence-electron chi connectivity index (χ2n) is 5.25. The van der Waals surface area contributed by atoms with Crippen molar-refractivity contribution >= 4 is 22.7 Å². The molecule has 1 aromatic heterocycles. The lowest BCUT2D eigenvalue weighted by molar-refractivity contribution is 0.288. The Bertz CT molecular complexity index is 771. The molecular formula is C19H19NOS. The van der Waals surface area contributed by atoms with E-state index in [1.54, 1.807) is 11.8 Å². The van der Waals surface area contributed by atoms with Gasteiger partial charge in [0.25, 0.3) is 0 Å². The monoisotopic (exact) mass is 309 g/mol. The average molecular weight is 309 g/mol. The number of rotatable bonds is 5. The number of hydrogen-bond donors (Lipinski definition) is 1. The van der Waals surface area contributed by atoms with E-state index in [2.05, 4.69) is 42.7 Å². The standard InChI is InChI=1S/C19H19NOS/c1-22-17-9-10-18-16(13-17)12-15(8-5-11-21)19(20-18)14-6-3-2-4-7-14/h2-4,6-7,9-10,12-13,21H,5,8,11H2,1H3. The molecule has 3 heteroatoms. The van der Waals surface area contributed by atoms with Crippen LogP contribution in [0.4, 0.5) is 0 Å². The van der Waals surface area contributed by atoms with Gasteiger partial charge in [0.1, 0.15) is 0 Å². The summed E-state index contributed by atoms with van der Waals surface area (Å²) in [5.74, 6) is 0. The molecule has 0 saturated carbocycles. The summed E-state index contributed by atoms with van der Waals surface area (Å²) in [6, 6.07) is 18.9. The van der Waals surface area contributed by atoms with Crippen LogP contribution in [-0.4, -0.2) is 23.0 Å². The van der Waals surface area contributed by atoms with E-state index < -0.39 is 0 Å². The van der Waals surface area contributed by atoms with Crippen LogP contribution >= 0.6 is 11.8 Å². The first-order chi connectivity index (χ1) is 10.8. The van der Waals surface area contributed by atoms with Gasteiger partial charge >= 0.3 is 0 Å².